The molecule has 0 atom stereocenters. The summed E-state index contributed by atoms with van der Waals surface area (Å²) < 4.78 is 13.3. The van der Waals surface area contributed by atoms with Crippen LogP contribution in [0.1, 0.15) is 12.5 Å². The van der Waals surface area contributed by atoms with E-state index in [1.165, 1.54) is 12.1 Å². The number of anilines is 2. The van der Waals surface area contributed by atoms with Crippen molar-refractivity contribution in [1.29, 1.82) is 0 Å². The molecule has 0 bridgehead atoms. The topological polar surface area (TPSA) is 49.4 Å². The smallest absolute Gasteiger partial charge is 0.283 e. The highest BCUT2D eigenvalue weighted by Gasteiger charge is 2.39. The van der Waals surface area contributed by atoms with E-state index in [-0.39, 0.29) is 21.4 Å². The van der Waals surface area contributed by atoms with Crippen LogP contribution in [0.5, 0.6) is 0 Å². The molecule has 2 aromatic carbocycles. The summed E-state index contributed by atoms with van der Waals surface area (Å²) in [4.78, 5) is 25.8. The van der Waals surface area contributed by atoms with E-state index in [0.29, 0.717) is 5.69 Å². The molecule has 0 aromatic heterocycles. The molecule has 0 fully saturated rings. The van der Waals surface area contributed by atoms with Crippen molar-refractivity contribution in [1.82, 2.24) is 0 Å². The van der Waals surface area contributed by atoms with Gasteiger partial charge in [-0.1, -0.05) is 42.3 Å². The van der Waals surface area contributed by atoms with Crippen molar-refractivity contribution in [3.8, 4) is 0 Å². The van der Waals surface area contributed by atoms with Crippen LogP contribution in [0.3, 0.4) is 0 Å². The Balaban J connectivity index is 1.89. The van der Waals surface area contributed by atoms with Crippen LogP contribution in [-0.4, -0.2) is 11.8 Å². The Bertz CT molecular complexity index is 894. The maximum Gasteiger partial charge on any atom is 0.283 e. The summed E-state index contributed by atoms with van der Waals surface area (Å²) in [5.74, 6) is -1.96. The fourth-order valence-electron chi connectivity index (χ4n) is 2.44. The van der Waals surface area contributed by atoms with Gasteiger partial charge < -0.3 is 5.32 Å². The lowest BCUT2D eigenvalue weighted by Gasteiger charge is -2.15. The van der Waals surface area contributed by atoms with E-state index in [2.05, 4.69) is 5.32 Å². The van der Waals surface area contributed by atoms with Gasteiger partial charge in [0.15, 0.2) is 0 Å². The predicted octanol–water partition coefficient (Wildman–Crippen LogP) is 4.48. The van der Waals surface area contributed by atoms with E-state index in [9.17, 15) is 14.0 Å². The second-order valence-corrected chi connectivity index (χ2v) is 6.19. The predicted molar refractivity (Wildman–Crippen MR) is 96.2 cm³/mol. The summed E-state index contributed by atoms with van der Waals surface area (Å²) in [6.07, 6.45) is 0.889. The van der Waals surface area contributed by atoms with Crippen molar-refractivity contribution in [3.63, 3.8) is 0 Å². The maximum atomic E-state index is 13.3. The van der Waals surface area contributed by atoms with Gasteiger partial charge in [-0.15, -0.1) is 0 Å². The SMILES string of the molecule is CCc1ccc(NC2=C(Cl)C(=O)N(c3ccc(F)c(Cl)c3)C2=O)cc1. The number of nitrogens with zero attached hydrogens (tertiary/aromatic N) is 1. The molecular weight excluding hydrogens is 366 g/mol. The first kappa shape index (κ1) is 17.5. The minimum Gasteiger partial charge on any atom is -0.350 e. The van der Waals surface area contributed by atoms with Crippen LogP contribution in [0.25, 0.3) is 0 Å². The second kappa shape index (κ2) is 6.86. The van der Waals surface area contributed by atoms with Crippen molar-refractivity contribution in [3.05, 3.63) is 69.6 Å². The molecule has 3 rings (SSSR count). The van der Waals surface area contributed by atoms with E-state index in [0.717, 1.165) is 23.0 Å². The van der Waals surface area contributed by atoms with Crippen LogP contribution in [0, 0.1) is 5.82 Å². The number of nitrogens with one attached hydrogen (secondary N) is 1. The number of hydrogen-bond acceptors (Lipinski definition) is 3. The molecule has 0 unspecified atom stereocenters. The van der Waals surface area contributed by atoms with Crippen molar-refractivity contribution in [2.24, 2.45) is 0 Å². The Kier molecular flexibility index (Phi) is 4.79. The molecule has 0 aliphatic carbocycles. The summed E-state index contributed by atoms with van der Waals surface area (Å²) in [5.41, 5.74) is 1.89. The Morgan fingerprint density at radius 3 is 2.32 bits per heavy atom. The molecule has 25 heavy (non-hydrogen) atoms. The lowest BCUT2D eigenvalue weighted by Crippen LogP contribution is -2.32. The van der Waals surface area contributed by atoms with Gasteiger partial charge in [0.25, 0.3) is 11.8 Å². The van der Waals surface area contributed by atoms with Crippen molar-refractivity contribution in [2.75, 3.05) is 10.2 Å². The third kappa shape index (κ3) is 3.25. The standard InChI is InChI=1S/C18H13Cl2FN2O2/c1-2-10-3-5-11(6-4-10)22-16-15(20)17(24)23(18(16)25)12-7-8-14(21)13(19)9-12/h3-9,22H,2H2,1H3. The highest BCUT2D eigenvalue weighted by molar-refractivity contribution is 6.53. The second-order valence-electron chi connectivity index (χ2n) is 5.41. The Labute approximate surface area is 153 Å². The van der Waals surface area contributed by atoms with E-state index in [4.69, 9.17) is 23.2 Å². The molecule has 0 radical (unpaired) electrons. The molecular formula is C18H13Cl2FN2O2. The van der Waals surface area contributed by atoms with Gasteiger partial charge in [-0.2, -0.15) is 0 Å². The van der Waals surface area contributed by atoms with Gasteiger partial charge in [0, 0.05) is 5.69 Å². The van der Waals surface area contributed by atoms with Crippen LogP contribution in [-0.2, 0) is 16.0 Å². The number of amides is 2. The van der Waals surface area contributed by atoms with Crippen LogP contribution in [0.2, 0.25) is 5.02 Å². The van der Waals surface area contributed by atoms with Crippen LogP contribution >= 0.6 is 23.2 Å². The van der Waals surface area contributed by atoms with E-state index >= 15 is 0 Å². The quantitative estimate of drug-likeness (QED) is 0.798. The van der Waals surface area contributed by atoms with Crippen molar-refractivity contribution >= 4 is 46.4 Å². The highest BCUT2D eigenvalue weighted by atomic mass is 35.5. The fraction of sp³-hybridized carbons (Fsp3) is 0.111. The number of halogens is 3. The number of rotatable bonds is 4. The Morgan fingerprint density at radius 1 is 1.04 bits per heavy atom. The summed E-state index contributed by atoms with van der Waals surface area (Å²) in [6.45, 7) is 2.03. The van der Waals surface area contributed by atoms with Crippen molar-refractivity contribution in [2.45, 2.75) is 13.3 Å². The minimum absolute atomic E-state index is 0.0311. The summed E-state index contributed by atoms with van der Waals surface area (Å²) in [6, 6.07) is 11.0. The number of carbonyl (C=O) groups excluding carboxylic acids is 2. The Hall–Kier alpha value is -2.37. The zero-order valence-electron chi connectivity index (χ0n) is 13.1. The summed E-state index contributed by atoms with van der Waals surface area (Å²) in [7, 11) is 0. The first-order valence-corrected chi connectivity index (χ1v) is 8.27. The Morgan fingerprint density at radius 2 is 1.72 bits per heavy atom. The third-order valence-electron chi connectivity index (χ3n) is 3.82. The molecule has 1 heterocycles. The number of benzene rings is 2. The molecule has 1 aliphatic rings. The monoisotopic (exact) mass is 378 g/mol. The average molecular weight is 379 g/mol. The summed E-state index contributed by atoms with van der Waals surface area (Å²) in [5, 5.41) is 2.46. The number of aryl methyl sites for hydroxylation is 1. The van der Waals surface area contributed by atoms with Gasteiger partial charge in [-0.05, 0) is 42.3 Å². The zero-order chi connectivity index (χ0) is 18.1. The molecule has 2 aromatic rings. The van der Waals surface area contributed by atoms with Gasteiger partial charge in [-0.3, -0.25) is 9.59 Å². The molecule has 0 saturated heterocycles. The lowest BCUT2D eigenvalue weighted by atomic mass is 10.1. The van der Waals surface area contributed by atoms with Gasteiger partial charge in [0.1, 0.15) is 16.5 Å². The van der Waals surface area contributed by atoms with Gasteiger partial charge in [0.05, 0.1) is 10.7 Å². The van der Waals surface area contributed by atoms with Gasteiger partial charge >= 0.3 is 0 Å². The minimum atomic E-state index is -0.693. The largest absolute Gasteiger partial charge is 0.350 e. The van der Waals surface area contributed by atoms with E-state index in [1.807, 2.05) is 19.1 Å². The van der Waals surface area contributed by atoms with E-state index in [1.54, 1.807) is 12.1 Å². The molecule has 2 amide bonds. The molecule has 0 spiro atoms. The molecule has 7 heteroatoms. The normalized spacial score (nSPS) is 14.5. The number of carbonyl (C=O) groups is 2. The lowest BCUT2D eigenvalue weighted by molar-refractivity contribution is -0.120. The molecule has 1 aliphatic heterocycles. The number of hydrogen-bond donors (Lipinski definition) is 1. The molecule has 1 N–H and O–H groups in total. The first-order valence-electron chi connectivity index (χ1n) is 7.52. The number of imide groups is 1. The van der Waals surface area contributed by atoms with Gasteiger partial charge in [-0.25, -0.2) is 9.29 Å². The first-order chi connectivity index (χ1) is 11.9. The van der Waals surface area contributed by atoms with Gasteiger partial charge in [0.2, 0.25) is 0 Å². The van der Waals surface area contributed by atoms with E-state index < -0.39 is 17.6 Å². The molecule has 0 saturated carbocycles. The average Bonchev–Trinajstić information content (AvgIpc) is 2.82. The highest BCUT2D eigenvalue weighted by Crippen LogP contribution is 2.32. The van der Waals surface area contributed by atoms with Crippen LogP contribution in [0.15, 0.2) is 53.2 Å². The van der Waals surface area contributed by atoms with Crippen LogP contribution in [0.4, 0.5) is 15.8 Å². The fourth-order valence-corrected chi connectivity index (χ4v) is 2.83. The maximum absolute atomic E-state index is 13.3. The van der Waals surface area contributed by atoms with Crippen molar-refractivity contribution < 1.29 is 14.0 Å². The molecule has 128 valence electrons. The summed E-state index contributed by atoms with van der Waals surface area (Å²) >= 11 is 11.8. The molecule has 4 nitrogen and oxygen atoms in total. The third-order valence-corrected chi connectivity index (χ3v) is 4.46. The van der Waals surface area contributed by atoms with Crippen LogP contribution < -0.4 is 10.2 Å². The zero-order valence-corrected chi connectivity index (χ0v) is 14.7.